The summed E-state index contributed by atoms with van der Waals surface area (Å²) in [4.78, 5) is 12.1. The minimum Gasteiger partial charge on any atom is -0.490 e. The summed E-state index contributed by atoms with van der Waals surface area (Å²) in [5.74, 6) is 0.650. The van der Waals surface area contributed by atoms with E-state index in [4.69, 9.17) is 9.47 Å². The van der Waals surface area contributed by atoms with E-state index in [2.05, 4.69) is 10.6 Å². The summed E-state index contributed by atoms with van der Waals surface area (Å²) in [7, 11) is -3.44. The molecule has 1 aliphatic carbocycles. The standard InChI is InChI=1S/C20H31N3O5S/c1-15-13-23(14-16(2)27-15)29(25,26)12-11-21-20(24)22-17-7-9-19(10-8-17)28-18-5-3-4-6-18/h7-10,15-16,18H,3-6,11-14H2,1-2H3,(H2,21,22,24). The largest absolute Gasteiger partial charge is 0.490 e. The third kappa shape index (κ3) is 6.58. The molecule has 1 saturated carbocycles. The molecule has 0 radical (unpaired) electrons. The number of hydrogen-bond donors (Lipinski definition) is 2. The fraction of sp³-hybridized carbons (Fsp3) is 0.650. The maximum atomic E-state index is 12.5. The van der Waals surface area contributed by atoms with Crippen molar-refractivity contribution in [1.82, 2.24) is 9.62 Å². The lowest BCUT2D eigenvalue weighted by molar-refractivity contribution is -0.0440. The number of ether oxygens (including phenoxy) is 2. The van der Waals surface area contributed by atoms with Crippen LogP contribution >= 0.6 is 0 Å². The molecule has 2 unspecified atom stereocenters. The Bertz CT molecular complexity index is 768. The van der Waals surface area contributed by atoms with Crippen molar-refractivity contribution in [3.05, 3.63) is 24.3 Å². The van der Waals surface area contributed by atoms with Gasteiger partial charge < -0.3 is 20.1 Å². The first-order chi connectivity index (χ1) is 13.8. The Morgan fingerprint density at radius 2 is 1.76 bits per heavy atom. The van der Waals surface area contributed by atoms with Crippen LogP contribution in [-0.2, 0) is 14.8 Å². The first-order valence-corrected chi connectivity index (χ1v) is 11.9. The van der Waals surface area contributed by atoms with Gasteiger partial charge in [0, 0.05) is 25.3 Å². The number of amides is 2. The lowest BCUT2D eigenvalue weighted by Crippen LogP contribution is -2.49. The Labute approximate surface area is 173 Å². The number of carbonyl (C=O) groups is 1. The van der Waals surface area contributed by atoms with Crippen molar-refractivity contribution < 1.29 is 22.7 Å². The minimum atomic E-state index is -3.44. The third-order valence-electron chi connectivity index (χ3n) is 5.14. The zero-order chi connectivity index (χ0) is 20.9. The Kier molecular flexibility index (Phi) is 7.37. The van der Waals surface area contributed by atoms with Crippen LogP contribution < -0.4 is 15.4 Å². The number of benzene rings is 1. The average Bonchev–Trinajstić information content (AvgIpc) is 3.15. The summed E-state index contributed by atoms with van der Waals surface area (Å²) >= 11 is 0. The van der Waals surface area contributed by atoms with Crippen LogP contribution in [0.5, 0.6) is 5.75 Å². The molecule has 1 saturated heterocycles. The Hall–Kier alpha value is -1.84. The van der Waals surface area contributed by atoms with Crippen LogP contribution in [0.3, 0.4) is 0 Å². The highest BCUT2D eigenvalue weighted by Gasteiger charge is 2.30. The van der Waals surface area contributed by atoms with E-state index in [1.54, 1.807) is 12.1 Å². The Balaban J connectivity index is 1.41. The second kappa shape index (κ2) is 9.77. The highest BCUT2D eigenvalue weighted by molar-refractivity contribution is 7.89. The van der Waals surface area contributed by atoms with Gasteiger partial charge in [0.05, 0.1) is 24.1 Å². The molecule has 2 fully saturated rings. The van der Waals surface area contributed by atoms with Crippen molar-refractivity contribution in [3.8, 4) is 5.75 Å². The number of carbonyl (C=O) groups excluding carboxylic acids is 1. The minimum absolute atomic E-state index is 0.0388. The van der Waals surface area contributed by atoms with E-state index in [0.717, 1.165) is 18.6 Å². The van der Waals surface area contributed by atoms with Gasteiger partial charge in [-0.1, -0.05) is 0 Å². The highest BCUT2D eigenvalue weighted by atomic mass is 32.2. The molecule has 1 aromatic carbocycles. The van der Waals surface area contributed by atoms with Crippen LogP contribution in [0.1, 0.15) is 39.5 Å². The van der Waals surface area contributed by atoms with E-state index in [-0.39, 0.29) is 30.6 Å². The van der Waals surface area contributed by atoms with Crippen molar-refractivity contribution in [2.75, 3.05) is 30.7 Å². The lowest BCUT2D eigenvalue weighted by Gasteiger charge is -2.34. The fourth-order valence-corrected chi connectivity index (χ4v) is 5.26. The predicted octanol–water partition coefficient (Wildman–Crippen LogP) is 2.57. The first-order valence-electron chi connectivity index (χ1n) is 10.3. The number of hydrogen-bond acceptors (Lipinski definition) is 5. The third-order valence-corrected chi connectivity index (χ3v) is 6.95. The summed E-state index contributed by atoms with van der Waals surface area (Å²) in [5.41, 5.74) is 0.625. The van der Waals surface area contributed by atoms with Crippen LogP contribution in [0.2, 0.25) is 0 Å². The van der Waals surface area contributed by atoms with Crippen molar-refractivity contribution in [3.63, 3.8) is 0 Å². The summed E-state index contributed by atoms with van der Waals surface area (Å²) in [5, 5.41) is 5.31. The number of urea groups is 1. The zero-order valence-electron chi connectivity index (χ0n) is 17.1. The van der Waals surface area contributed by atoms with Gasteiger partial charge in [-0.3, -0.25) is 0 Å². The summed E-state index contributed by atoms with van der Waals surface area (Å²) < 4.78 is 37.9. The van der Waals surface area contributed by atoms with E-state index < -0.39 is 16.1 Å². The van der Waals surface area contributed by atoms with Gasteiger partial charge in [0.25, 0.3) is 0 Å². The molecule has 9 heteroatoms. The lowest BCUT2D eigenvalue weighted by atomic mass is 10.3. The molecule has 1 aromatic rings. The van der Waals surface area contributed by atoms with Gasteiger partial charge in [0.1, 0.15) is 5.75 Å². The monoisotopic (exact) mass is 425 g/mol. The Morgan fingerprint density at radius 1 is 1.14 bits per heavy atom. The summed E-state index contributed by atoms with van der Waals surface area (Å²) in [6.45, 7) is 4.43. The van der Waals surface area contributed by atoms with Crippen molar-refractivity contribution in [2.45, 2.75) is 57.8 Å². The van der Waals surface area contributed by atoms with E-state index in [0.29, 0.717) is 18.8 Å². The van der Waals surface area contributed by atoms with Crippen molar-refractivity contribution >= 4 is 21.7 Å². The first kappa shape index (κ1) is 21.9. The normalized spacial score (nSPS) is 23.7. The molecule has 1 aliphatic heterocycles. The molecule has 2 atom stereocenters. The molecule has 2 aliphatic rings. The van der Waals surface area contributed by atoms with Crippen molar-refractivity contribution in [2.24, 2.45) is 0 Å². The smallest absolute Gasteiger partial charge is 0.319 e. The second-order valence-electron chi connectivity index (χ2n) is 7.82. The maximum Gasteiger partial charge on any atom is 0.319 e. The molecular formula is C20H31N3O5S. The highest BCUT2D eigenvalue weighted by Crippen LogP contribution is 2.25. The maximum absolute atomic E-state index is 12.5. The van der Waals surface area contributed by atoms with E-state index >= 15 is 0 Å². The molecule has 2 N–H and O–H groups in total. The van der Waals surface area contributed by atoms with Gasteiger partial charge in [0.15, 0.2) is 0 Å². The van der Waals surface area contributed by atoms with Gasteiger partial charge in [-0.25, -0.2) is 13.2 Å². The molecule has 0 aromatic heterocycles. The fourth-order valence-electron chi connectivity index (χ4n) is 3.77. The topological polar surface area (TPSA) is 97.0 Å². The number of rotatable bonds is 7. The molecule has 0 spiro atoms. The molecule has 162 valence electrons. The molecule has 1 heterocycles. The van der Waals surface area contributed by atoms with Crippen LogP contribution in [0.25, 0.3) is 0 Å². The van der Waals surface area contributed by atoms with Gasteiger partial charge >= 0.3 is 6.03 Å². The van der Waals surface area contributed by atoms with Gasteiger partial charge in [-0.05, 0) is 63.8 Å². The molecule has 3 rings (SSSR count). The summed E-state index contributed by atoms with van der Waals surface area (Å²) in [6.07, 6.45) is 4.63. The van der Waals surface area contributed by atoms with Gasteiger partial charge in [-0.2, -0.15) is 4.31 Å². The summed E-state index contributed by atoms with van der Waals surface area (Å²) in [6, 6.07) is 6.78. The Morgan fingerprint density at radius 3 is 2.38 bits per heavy atom. The van der Waals surface area contributed by atoms with Crippen LogP contribution in [0.4, 0.5) is 10.5 Å². The van der Waals surface area contributed by atoms with Crippen LogP contribution in [0.15, 0.2) is 24.3 Å². The number of anilines is 1. The number of nitrogens with one attached hydrogen (secondary N) is 2. The SMILES string of the molecule is CC1CN(S(=O)(=O)CCNC(=O)Nc2ccc(OC3CCCC3)cc2)CC(C)O1. The molecule has 0 bridgehead atoms. The van der Waals surface area contributed by atoms with Crippen LogP contribution in [0, 0.1) is 0 Å². The van der Waals surface area contributed by atoms with E-state index in [9.17, 15) is 13.2 Å². The van der Waals surface area contributed by atoms with E-state index in [1.165, 1.54) is 17.1 Å². The zero-order valence-corrected chi connectivity index (χ0v) is 17.9. The number of sulfonamides is 1. The van der Waals surface area contributed by atoms with E-state index in [1.807, 2.05) is 26.0 Å². The van der Waals surface area contributed by atoms with Gasteiger partial charge in [-0.15, -0.1) is 0 Å². The average molecular weight is 426 g/mol. The number of nitrogens with zero attached hydrogens (tertiary/aromatic N) is 1. The van der Waals surface area contributed by atoms with Crippen LogP contribution in [-0.4, -0.2) is 62.5 Å². The molecule has 8 nitrogen and oxygen atoms in total. The predicted molar refractivity (Wildman–Crippen MR) is 112 cm³/mol. The molecule has 2 amide bonds. The van der Waals surface area contributed by atoms with Crippen molar-refractivity contribution in [1.29, 1.82) is 0 Å². The number of morpholine rings is 1. The molecule has 29 heavy (non-hydrogen) atoms. The molecular weight excluding hydrogens is 394 g/mol. The van der Waals surface area contributed by atoms with Gasteiger partial charge in [0.2, 0.25) is 10.0 Å². The quantitative estimate of drug-likeness (QED) is 0.700. The second-order valence-corrected chi connectivity index (χ2v) is 9.91.